The summed E-state index contributed by atoms with van der Waals surface area (Å²) in [5, 5.41) is 12.7. The van der Waals surface area contributed by atoms with E-state index < -0.39 is 0 Å². The lowest BCUT2D eigenvalue weighted by Gasteiger charge is -2.45. The van der Waals surface area contributed by atoms with E-state index in [-0.39, 0.29) is 48.8 Å². The molecular formula is C27H35FN2O4. The first-order chi connectivity index (χ1) is 16.4. The maximum atomic E-state index is 13.2. The van der Waals surface area contributed by atoms with E-state index in [1.807, 2.05) is 19.0 Å². The maximum absolute atomic E-state index is 13.2. The third-order valence-corrected chi connectivity index (χ3v) is 6.70. The first-order valence-electron chi connectivity index (χ1n) is 12.1. The molecule has 0 spiro atoms. The highest BCUT2D eigenvalue weighted by atomic mass is 19.1. The molecule has 2 aromatic rings. The fourth-order valence-corrected chi connectivity index (χ4v) is 4.93. The normalized spacial score (nSPS) is 26.8. The van der Waals surface area contributed by atoms with Gasteiger partial charge in [-0.15, -0.1) is 0 Å². The van der Waals surface area contributed by atoms with Crippen molar-refractivity contribution in [3.05, 3.63) is 59.9 Å². The van der Waals surface area contributed by atoms with Gasteiger partial charge in [-0.3, -0.25) is 4.79 Å². The van der Waals surface area contributed by atoms with Gasteiger partial charge >= 0.3 is 0 Å². The molecule has 0 saturated carbocycles. The number of rotatable bonds is 8. The Morgan fingerprint density at radius 1 is 1.03 bits per heavy atom. The Hall–Kier alpha value is -2.32. The number of likely N-dealkylation sites (N-methyl/N-ethyl adjacent to an activating group) is 1. The highest BCUT2D eigenvalue weighted by Gasteiger charge is 2.42. The van der Waals surface area contributed by atoms with Crippen molar-refractivity contribution in [3.63, 3.8) is 0 Å². The van der Waals surface area contributed by atoms with E-state index in [4.69, 9.17) is 9.47 Å². The van der Waals surface area contributed by atoms with Crippen LogP contribution in [0, 0.1) is 5.82 Å². The molecule has 2 aliphatic rings. The van der Waals surface area contributed by atoms with Crippen LogP contribution < -0.4 is 5.32 Å². The number of carbonyl (C=O) groups excluding carboxylic acids is 1. The second kappa shape index (κ2) is 11.4. The van der Waals surface area contributed by atoms with Gasteiger partial charge in [0.2, 0.25) is 5.91 Å². The van der Waals surface area contributed by atoms with Crippen LogP contribution in [0.3, 0.4) is 0 Å². The third kappa shape index (κ3) is 6.42. The van der Waals surface area contributed by atoms with E-state index in [2.05, 4.69) is 29.6 Å². The van der Waals surface area contributed by atoms with Gasteiger partial charge in [-0.05, 0) is 75.0 Å². The summed E-state index contributed by atoms with van der Waals surface area (Å²) in [5.41, 5.74) is 3.22. The lowest BCUT2D eigenvalue weighted by molar-refractivity contribution is -0.202. The summed E-state index contributed by atoms with van der Waals surface area (Å²) < 4.78 is 25.7. The summed E-state index contributed by atoms with van der Waals surface area (Å²) in [6, 6.07) is 14.7. The van der Waals surface area contributed by atoms with Crippen molar-refractivity contribution in [2.75, 3.05) is 27.2 Å². The van der Waals surface area contributed by atoms with Gasteiger partial charge in [0.15, 0.2) is 0 Å². The van der Waals surface area contributed by atoms with Crippen LogP contribution in [0.2, 0.25) is 0 Å². The smallest absolute Gasteiger partial charge is 0.234 e. The van der Waals surface area contributed by atoms with E-state index in [1.54, 1.807) is 12.1 Å². The van der Waals surface area contributed by atoms with Gasteiger partial charge in [-0.2, -0.15) is 0 Å². The van der Waals surface area contributed by atoms with Crippen molar-refractivity contribution in [2.45, 2.75) is 62.6 Å². The predicted molar refractivity (Wildman–Crippen MR) is 129 cm³/mol. The number of hydrogen-bond donors (Lipinski definition) is 2. The zero-order valence-corrected chi connectivity index (χ0v) is 20.0. The van der Waals surface area contributed by atoms with Gasteiger partial charge in [0.05, 0.1) is 43.6 Å². The molecule has 2 fully saturated rings. The zero-order chi connectivity index (χ0) is 24.1. The molecule has 4 rings (SSSR count). The number of nitrogens with zero attached hydrogens (tertiary/aromatic N) is 1. The average molecular weight is 471 g/mol. The number of aliphatic hydroxyl groups is 1. The third-order valence-electron chi connectivity index (χ3n) is 6.70. The number of carbonyl (C=O) groups is 1. The first-order valence-corrected chi connectivity index (χ1v) is 12.1. The highest BCUT2D eigenvalue weighted by molar-refractivity contribution is 5.78. The molecule has 2 saturated heterocycles. The van der Waals surface area contributed by atoms with Crippen LogP contribution in [0.4, 0.5) is 4.39 Å². The van der Waals surface area contributed by atoms with Crippen LogP contribution in [0.15, 0.2) is 48.5 Å². The Kier molecular flexibility index (Phi) is 8.32. The molecule has 0 aromatic heterocycles. The minimum atomic E-state index is -0.238. The second-order valence-corrected chi connectivity index (χ2v) is 9.66. The van der Waals surface area contributed by atoms with Crippen molar-refractivity contribution in [3.8, 4) is 11.1 Å². The summed E-state index contributed by atoms with van der Waals surface area (Å²) in [7, 11) is 3.74. The quantitative estimate of drug-likeness (QED) is 0.620. The van der Waals surface area contributed by atoms with E-state index in [1.165, 1.54) is 17.7 Å². The summed E-state index contributed by atoms with van der Waals surface area (Å²) in [6.45, 7) is 0.334. The van der Waals surface area contributed by atoms with Gasteiger partial charge in [0, 0.05) is 0 Å². The monoisotopic (exact) mass is 470 g/mol. The standard InChI is InChI=1S/C27H35FN2O4/c1-30(2)16-27(32)29-23-15-26-25(14-12-22(17-31)33-26)34-24(23)13-5-18-3-6-19(7-4-18)20-8-10-21(28)11-9-20/h3-4,6-11,22-26,31H,5,12-17H2,1-2H3,(H,29,32)/t22-,23+,24-,25+,26+/m1/s1. The fourth-order valence-electron chi connectivity index (χ4n) is 4.93. The van der Waals surface area contributed by atoms with Crippen molar-refractivity contribution < 1.29 is 23.8 Å². The van der Waals surface area contributed by atoms with Crippen LogP contribution in [0.5, 0.6) is 0 Å². The maximum Gasteiger partial charge on any atom is 0.234 e. The molecule has 7 heteroatoms. The molecule has 2 aliphatic heterocycles. The Balaban J connectivity index is 1.40. The molecule has 5 atom stereocenters. The number of nitrogens with one attached hydrogen (secondary N) is 1. The highest BCUT2D eigenvalue weighted by Crippen LogP contribution is 2.33. The molecule has 0 radical (unpaired) electrons. The summed E-state index contributed by atoms with van der Waals surface area (Å²) >= 11 is 0. The molecule has 6 nitrogen and oxygen atoms in total. The average Bonchev–Trinajstić information content (AvgIpc) is 2.82. The van der Waals surface area contributed by atoms with Crippen LogP contribution in [-0.2, 0) is 20.7 Å². The van der Waals surface area contributed by atoms with Gasteiger partial charge in [0.1, 0.15) is 5.82 Å². The van der Waals surface area contributed by atoms with E-state index in [0.717, 1.165) is 36.8 Å². The molecule has 2 aromatic carbocycles. The largest absolute Gasteiger partial charge is 0.394 e. The molecule has 0 unspecified atom stereocenters. The lowest BCUT2D eigenvalue weighted by atomic mass is 9.88. The molecular weight excluding hydrogens is 435 g/mol. The number of halogens is 1. The Labute approximate surface area is 201 Å². The van der Waals surface area contributed by atoms with E-state index >= 15 is 0 Å². The number of amides is 1. The minimum Gasteiger partial charge on any atom is -0.394 e. The molecule has 34 heavy (non-hydrogen) atoms. The number of aliphatic hydroxyl groups excluding tert-OH is 1. The van der Waals surface area contributed by atoms with Crippen LogP contribution in [0.1, 0.15) is 31.2 Å². The molecule has 0 aliphatic carbocycles. The molecule has 2 N–H and O–H groups in total. The summed E-state index contributed by atoms with van der Waals surface area (Å²) in [5.74, 6) is -0.266. The van der Waals surface area contributed by atoms with Crippen molar-refractivity contribution in [2.24, 2.45) is 0 Å². The minimum absolute atomic E-state index is 0.00403. The lowest BCUT2D eigenvalue weighted by Crippen LogP contribution is -2.58. The molecule has 184 valence electrons. The van der Waals surface area contributed by atoms with Crippen LogP contribution in [-0.4, -0.2) is 73.6 Å². The first kappa shape index (κ1) is 24.8. The van der Waals surface area contributed by atoms with Crippen molar-refractivity contribution in [1.29, 1.82) is 0 Å². The number of benzene rings is 2. The van der Waals surface area contributed by atoms with Crippen molar-refractivity contribution >= 4 is 5.91 Å². The number of ether oxygens (including phenoxy) is 2. The fraction of sp³-hybridized carbons (Fsp3) is 0.519. The predicted octanol–water partition coefficient (Wildman–Crippen LogP) is 3.17. The summed E-state index contributed by atoms with van der Waals surface area (Å²) in [4.78, 5) is 14.3. The molecule has 1 amide bonds. The topological polar surface area (TPSA) is 71.0 Å². The van der Waals surface area contributed by atoms with Gasteiger partial charge in [0.25, 0.3) is 0 Å². The number of hydrogen-bond acceptors (Lipinski definition) is 5. The summed E-state index contributed by atoms with van der Waals surface area (Å²) in [6.07, 6.45) is 3.58. The zero-order valence-electron chi connectivity index (χ0n) is 20.0. The molecule has 0 bridgehead atoms. The van der Waals surface area contributed by atoms with Gasteiger partial charge in [-0.25, -0.2) is 4.39 Å². The Morgan fingerprint density at radius 3 is 2.35 bits per heavy atom. The Bertz CT molecular complexity index is 935. The van der Waals surface area contributed by atoms with Crippen LogP contribution in [0.25, 0.3) is 11.1 Å². The van der Waals surface area contributed by atoms with E-state index in [0.29, 0.717) is 13.0 Å². The number of fused-ring (bicyclic) bond motifs is 1. The second-order valence-electron chi connectivity index (χ2n) is 9.66. The van der Waals surface area contributed by atoms with Gasteiger partial charge in [-0.1, -0.05) is 36.4 Å². The van der Waals surface area contributed by atoms with Crippen molar-refractivity contribution in [1.82, 2.24) is 10.2 Å². The van der Waals surface area contributed by atoms with Crippen LogP contribution >= 0.6 is 0 Å². The SMILES string of the molecule is CN(C)CC(=O)N[C@H]1C[C@@H]2O[C@@H](CO)CC[C@@H]2O[C@@H]1CCc1ccc(-c2ccc(F)cc2)cc1. The number of aryl methyl sites for hydroxylation is 1. The molecule has 2 heterocycles. The Morgan fingerprint density at radius 2 is 1.71 bits per heavy atom. The van der Waals surface area contributed by atoms with Gasteiger partial charge < -0.3 is 24.8 Å². The van der Waals surface area contributed by atoms with E-state index in [9.17, 15) is 14.3 Å².